The van der Waals surface area contributed by atoms with Crippen LogP contribution < -0.4 is 5.32 Å². The summed E-state index contributed by atoms with van der Waals surface area (Å²) in [5, 5.41) is 11.4. The number of anilines is 1. The smallest absolute Gasteiger partial charge is 0.328 e. The van der Waals surface area contributed by atoms with E-state index in [1.807, 2.05) is 0 Å². The topological polar surface area (TPSA) is 49.3 Å². The zero-order chi connectivity index (χ0) is 12.1. The molecule has 86 valence electrons. The van der Waals surface area contributed by atoms with Crippen LogP contribution in [0.2, 0.25) is 0 Å². The molecule has 0 unspecified atom stereocenters. The van der Waals surface area contributed by atoms with Crippen LogP contribution in [0.3, 0.4) is 0 Å². The predicted octanol–water partition coefficient (Wildman–Crippen LogP) is 3.03. The van der Waals surface area contributed by atoms with E-state index in [0.717, 1.165) is 6.08 Å². The summed E-state index contributed by atoms with van der Waals surface area (Å²) in [6.07, 6.45) is 1.11. The molecule has 0 aromatic heterocycles. The molecule has 0 atom stereocenters. The van der Waals surface area contributed by atoms with E-state index in [1.165, 1.54) is 6.07 Å². The quantitative estimate of drug-likeness (QED) is 0.837. The van der Waals surface area contributed by atoms with E-state index in [-0.39, 0.29) is 5.82 Å². The average Bonchev–Trinajstić information content (AvgIpc) is 2.19. The predicted molar refractivity (Wildman–Crippen MR) is 64.0 cm³/mol. The number of benzene rings is 1. The van der Waals surface area contributed by atoms with Crippen molar-refractivity contribution in [2.45, 2.75) is 6.92 Å². The van der Waals surface area contributed by atoms with Gasteiger partial charge in [0.2, 0.25) is 0 Å². The van der Waals surface area contributed by atoms with E-state index < -0.39 is 5.97 Å². The summed E-state index contributed by atoms with van der Waals surface area (Å²) in [4.78, 5) is 10.3. The molecule has 0 saturated carbocycles. The number of carboxylic acid groups (broad SMARTS) is 1. The first-order valence-corrected chi connectivity index (χ1v) is 5.37. The number of halogens is 2. The molecule has 0 bridgehead atoms. The van der Waals surface area contributed by atoms with Gasteiger partial charge in [-0.05, 0) is 46.6 Å². The van der Waals surface area contributed by atoms with Crippen molar-refractivity contribution in [3.8, 4) is 0 Å². The van der Waals surface area contributed by atoms with Gasteiger partial charge in [0.25, 0.3) is 0 Å². The van der Waals surface area contributed by atoms with Crippen LogP contribution >= 0.6 is 15.9 Å². The highest BCUT2D eigenvalue weighted by atomic mass is 79.9. The molecule has 5 heteroatoms. The van der Waals surface area contributed by atoms with Gasteiger partial charge in [0.15, 0.2) is 0 Å². The standard InChI is InChI=1S/C11H11BrFNO2/c1-7(4-11(15)16)6-14-8-2-3-9(12)10(13)5-8/h2-5,14H,6H2,1H3,(H,15,16)/b7-4-. The van der Waals surface area contributed by atoms with Crippen LogP contribution in [-0.2, 0) is 4.79 Å². The fraction of sp³-hybridized carbons (Fsp3) is 0.182. The summed E-state index contributed by atoms with van der Waals surface area (Å²) in [6.45, 7) is 2.06. The maximum absolute atomic E-state index is 13.1. The molecule has 1 aromatic rings. The summed E-state index contributed by atoms with van der Waals surface area (Å²) in [5.41, 5.74) is 1.27. The first kappa shape index (κ1) is 12.7. The summed E-state index contributed by atoms with van der Waals surface area (Å²) in [5.74, 6) is -1.34. The highest BCUT2D eigenvalue weighted by Gasteiger charge is 2.00. The second-order valence-electron chi connectivity index (χ2n) is 3.31. The fourth-order valence-corrected chi connectivity index (χ4v) is 1.36. The van der Waals surface area contributed by atoms with Crippen LogP contribution in [0.1, 0.15) is 6.92 Å². The lowest BCUT2D eigenvalue weighted by molar-refractivity contribution is -0.131. The van der Waals surface area contributed by atoms with Crippen LogP contribution in [0, 0.1) is 5.82 Å². The Morgan fingerprint density at radius 1 is 1.62 bits per heavy atom. The van der Waals surface area contributed by atoms with E-state index in [4.69, 9.17) is 5.11 Å². The van der Waals surface area contributed by atoms with Crippen LogP contribution in [0.5, 0.6) is 0 Å². The molecule has 0 amide bonds. The lowest BCUT2D eigenvalue weighted by Crippen LogP contribution is -2.04. The Morgan fingerprint density at radius 2 is 2.31 bits per heavy atom. The lowest BCUT2D eigenvalue weighted by Gasteiger charge is -2.06. The van der Waals surface area contributed by atoms with Crippen LogP contribution in [-0.4, -0.2) is 17.6 Å². The van der Waals surface area contributed by atoms with Gasteiger partial charge in [0.05, 0.1) is 4.47 Å². The number of carboxylic acids is 1. The Balaban J connectivity index is 2.61. The molecule has 0 spiro atoms. The van der Waals surface area contributed by atoms with Crippen molar-refractivity contribution in [3.63, 3.8) is 0 Å². The second kappa shape index (κ2) is 5.65. The number of rotatable bonds is 4. The number of hydrogen-bond donors (Lipinski definition) is 2. The first-order chi connectivity index (χ1) is 7.49. The van der Waals surface area contributed by atoms with Gasteiger partial charge in [0.1, 0.15) is 5.82 Å². The Morgan fingerprint density at radius 3 is 2.88 bits per heavy atom. The van der Waals surface area contributed by atoms with Crippen molar-refractivity contribution in [1.82, 2.24) is 0 Å². The van der Waals surface area contributed by atoms with E-state index in [0.29, 0.717) is 22.3 Å². The Hall–Kier alpha value is -1.36. The molecule has 2 N–H and O–H groups in total. The van der Waals surface area contributed by atoms with Gasteiger partial charge in [-0.1, -0.05) is 0 Å². The Bertz CT molecular complexity index is 432. The first-order valence-electron chi connectivity index (χ1n) is 4.58. The van der Waals surface area contributed by atoms with Gasteiger partial charge in [-0.2, -0.15) is 0 Å². The maximum Gasteiger partial charge on any atom is 0.328 e. The van der Waals surface area contributed by atoms with Crippen LogP contribution in [0.4, 0.5) is 10.1 Å². The molecular weight excluding hydrogens is 277 g/mol. The van der Waals surface area contributed by atoms with Gasteiger partial charge in [0, 0.05) is 18.3 Å². The van der Waals surface area contributed by atoms with E-state index in [9.17, 15) is 9.18 Å². The molecule has 16 heavy (non-hydrogen) atoms. The average molecular weight is 288 g/mol. The van der Waals surface area contributed by atoms with Crippen molar-refractivity contribution in [2.24, 2.45) is 0 Å². The molecule has 0 aliphatic rings. The van der Waals surface area contributed by atoms with Crippen molar-refractivity contribution in [1.29, 1.82) is 0 Å². The van der Waals surface area contributed by atoms with Crippen molar-refractivity contribution < 1.29 is 14.3 Å². The Labute approximate surface area is 101 Å². The van der Waals surface area contributed by atoms with Crippen molar-refractivity contribution in [3.05, 3.63) is 40.1 Å². The molecule has 0 aliphatic carbocycles. The minimum atomic E-state index is -0.985. The molecule has 1 aromatic carbocycles. The normalized spacial score (nSPS) is 11.3. The molecule has 0 saturated heterocycles. The fourth-order valence-electron chi connectivity index (χ4n) is 1.11. The highest BCUT2D eigenvalue weighted by Crippen LogP contribution is 2.19. The minimum Gasteiger partial charge on any atom is -0.478 e. The number of carbonyl (C=O) groups is 1. The highest BCUT2D eigenvalue weighted by molar-refractivity contribution is 9.10. The number of hydrogen-bond acceptors (Lipinski definition) is 2. The van der Waals surface area contributed by atoms with E-state index in [2.05, 4.69) is 21.2 Å². The zero-order valence-corrected chi connectivity index (χ0v) is 10.2. The minimum absolute atomic E-state index is 0.357. The molecule has 0 fully saturated rings. The molecule has 0 heterocycles. The summed E-state index contributed by atoms with van der Waals surface area (Å²) in [7, 11) is 0. The largest absolute Gasteiger partial charge is 0.478 e. The SMILES string of the molecule is C/C(=C/C(=O)O)CNc1ccc(Br)c(F)c1. The van der Waals surface area contributed by atoms with Crippen LogP contribution in [0.15, 0.2) is 34.3 Å². The summed E-state index contributed by atoms with van der Waals surface area (Å²) in [6, 6.07) is 4.65. The van der Waals surface area contributed by atoms with Gasteiger partial charge >= 0.3 is 5.97 Å². The Kier molecular flexibility index (Phi) is 4.49. The summed E-state index contributed by atoms with van der Waals surface area (Å²) < 4.78 is 13.5. The maximum atomic E-state index is 13.1. The third-order valence-corrected chi connectivity index (χ3v) is 2.50. The molecule has 3 nitrogen and oxygen atoms in total. The molecule has 0 radical (unpaired) electrons. The summed E-state index contributed by atoms with van der Waals surface area (Å²) >= 11 is 3.05. The lowest BCUT2D eigenvalue weighted by atomic mass is 10.2. The van der Waals surface area contributed by atoms with Gasteiger partial charge < -0.3 is 10.4 Å². The second-order valence-corrected chi connectivity index (χ2v) is 4.17. The third kappa shape index (κ3) is 4.02. The monoisotopic (exact) mass is 287 g/mol. The number of aliphatic carboxylic acids is 1. The molecule has 1 rings (SSSR count). The zero-order valence-electron chi connectivity index (χ0n) is 8.63. The van der Waals surface area contributed by atoms with E-state index >= 15 is 0 Å². The molecular formula is C11H11BrFNO2. The van der Waals surface area contributed by atoms with E-state index in [1.54, 1.807) is 19.1 Å². The van der Waals surface area contributed by atoms with Crippen LogP contribution in [0.25, 0.3) is 0 Å². The molecule has 0 aliphatic heterocycles. The third-order valence-electron chi connectivity index (χ3n) is 1.86. The van der Waals surface area contributed by atoms with Crippen molar-refractivity contribution in [2.75, 3.05) is 11.9 Å². The van der Waals surface area contributed by atoms with Gasteiger partial charge in [-0.3, -0.25) is 0 Å². The van der Waals surface area contributed by atoms with Gasteiger partial charge in [-0.15, -0.1) is 0 Å². The van der Waals surface area contributed by atoms with Gasteiger partial charge in [-0.25, -0.2) is 9.18 Å². The van der Waals surface area contributed by atoms with Crippen molar-refractivity contribution >= 4 is 27.6 Å². The number of nitrogens with one attached hydrogen (secondary N) is 1.